The monoisotopic (exact) mass is 377 g/mol. The van der Waals surface area contributed by atoms with Crippen LogP contribution in [0.25, 0.3) is 22.3 Å². The van der Waals surface area contributed by atoms with Crippen molar-refractivity contribution in [2.45, 2.75) is 45.1 Å². The summed E-state index contributed by atoms with van der Waals surface area (Å²) in [5.41, 5.74) is 1.84. The Balaban J connectivity index is 1.85. The van der Waals surface area contributed by atoms with Gasteiger partial charge < -0.3 is 13.9 Å². The summed E-state index contributed by atoms with van der Waals surface area (Å²) in [6.45, 7) is 2.64. The molecular weight excluding hydrogens is 350 g/mol. The van der Waals surface area contributed by atoms with E-state index in [0.29, 0.717) is 12.6 Å². The fourth-order valence-electron chi connectivity index (χ4n) is 3.82. The molecule has 0 unspecified atom stereocenters. The predicted molar refractivity (Wildman–Crippen MR) is 112 cm³/mol. The van der Waals surface area contributed by atoms with E-state index in [4.69, 9.17) is 18.9 Å². The predicted octanol–water partition coefficient (Wildman–Crippen LogP) is 5.74. The van der Waals surface area contributed by atoms with Crippen molar-refractivity contribution >= 4 is 11.0 Å². The standard InChI is InChI=1S/C24H27NO3/c1-3-27-20-13-14-23-21(15-20)22(25-18-7-5-4-6-8-18)16-24(28-23)17-9-11-19(26-2)12-10-17/h9-16,18H,3-8H2,1-2H3. The topological polar surface area (TPSA) is 44.0 Å². The molecule has 0 radical (unpaired) electrons. The maximum Gasteiger partial charge on any atom is 0.137 e. The first-order valence-electron chi connectivity index (χ1n) is 10.2. The summed E-state index contributed by atoms with van der Waals surface area (Å²) in [5.74, 6) is 2.49. The molecule has 1 aliphatic carbocycles. The van der Waals surface area contributed by atoms with Crippen LogP contribution in [0.15, 0.2) is 57.9 Å². The van der Waals surface area contributed by atoms with Gasteiger partial charge in [-0.1, -0.05) is 19.3 Å². The second-order valence-electron chi connectivity index (χ2n) is 7.24. The van der Waals surface area contributed by atoms with Gasteiger partial charge in [-0.25, -0.2) is 0 Å². The smallest absolute Gasteiger partial charge is 0.137 e. The van der Waals surface area contributed by atoms with Crippen molar-refractivity contribution in [2.24, 2.45) is 4.99 Å². The maximum absolute atomic E-state index is 6.23. The third-order valence-corrected chi connectivity index (χ3v) is 5.30. The van der Waals surface area contributed by atoms with Crippen molar-refractivity contribution in [1.82, 2.24) is 0 Å². The molecule has 146 valence electrons. The molecule has 1 saturated carbocycles. The number of hydrogen-bond acceptors (Lipinski definition) is 4. The molecule has 0 bridgehead atoms. The zero-order valence-corrected chi connectivity index (χ0v) is 16.6. The number of ether oxygens (including phenoxy) is 2. The first-order valence-corrected chi connectivity index (χ1v) is 10.2. The minimum Gasteiger partial charge on any atom is -0.497 e. The Morgan fingerprint density at radius 3 is 2.43 bits per heavy atom. The van der Waals surface area contributed by atoms with Crippen LogP contribution in [-0.4, -0.2) is 19.8 Å². The average molecular weight is 377 g/mol. The molecular formula is C24H27NO3. The molecule has 0 atom stereocenters. The molecule has 1 fully saturated rings. The van der Waals surface area contributed by atoms with Crippen LogP contribution in [0.4, 0.5) is 0 Å². The normalized spacial score (nSPS) is 15.7. The van der Waals surface area contributed by atoms with Crippen molar-refractivity contribution in [1.29, 1.82) is 0 Å². The Morgan fingerprint density at radius 1 is 0.964 bits per heavy atom. The van der Waals surface area contributed by atoms with Crippen molar-refractivity contribution in [3.05, 3.63) is 53.9 Å². The molecule has 4 rings (SSSR count). The van der Waals surface area contributed by atoms with Crippen LogP contribution in [0.3, 0.4) is 0 Å². The average Bonchev–Trinajstić information content (AvgIpc) is 2.75. The quantitative estimate of drug-likeness (QED) is 0.569. The minimum atomic E-state index is 0.388. The van der Waals surface area contributed by atoms with Gasteiger partial charge in [-0.05, 0) is 62.2 Å². The summed E-state index contributed by atoms with van der Waals surface area (Å²) in [4.78, 5) is 5.13. The van der Waals surface area contributed by atoms with Crippen LogP contribution < -0.4 is 14.8 Å². The molecule has 0 aliphatic heterocycles. The van der Waals surface area contributed by atoms with Gasteiger partial charge in [0.1, 0.15) is 22.8 Å². The van der Waals surface area contributed by atoms with Crippen molar-refractivity contribution in [3.63, 3.8) is 0 Å². The van der Waals surface area contributed by atoms with Gasteiger partial charge in [0.05, 0.1) is 25.1 Å². The molecule has 0 saturated heterocycles. The molecule has 3 aromatic rings. The Labute approximate surface area is 165 Å². The maximum atomic E-state index is 6.23. The lowest BCUT2D eigenvalue weighted by Crippen LogP contribution is -2.15. The number of nitrogens with zero attached hydrogens (tertiary/aromatic N) is 1. The third kappa shape index (κ3) is 4.06. The van der Waals surface area contributed by atoms with Gasteiger partial charge in [-0.2, -0.15) is 0 Å². The second kappa shape index (κ2) is 8.51. The number of fused-ring (bicyclic) bond motifs is 1. The van der Waals surface area contributed by atoms with E-state index in [9.17, 15) is 0 Å². The van der Waals surface area contributed by atoms with Gasteiger partial charge >= 0.3 is 0 Å². The van der Waals surface area contributed by atoms with Crippen LogP contribution in [0.5, 0.6) is 11.5 Å². The molecule has 1 aromatic heterocycles. The second-order valence-corrected chi connectivity index (χ2v) is 7.24. The molecule has 4 nitrogen and oxygen atoms in total. The van der Waals surface area contributed by atoms with E-state index in [1.54, 1.807) is 7.11 Å². The summed E-state index contributed by atoms with van der Waals surface area (Å²) >= 11 is 0. The van der Waals surface area contributed by atoms with Crippen LogP contribution >= 0.6 is 0 Å². The van der Waals surface area contributed by atoms with E-state index >= 15 is 0 Å². The Morgan fingerprint density at radius 2 is 1.71 bits per heavy atom. The summed E-state index contributed by atoms with van der Waals surface area (Å²) in [6, 6.07) is 16.4. The van der Waals surface area contributed by atoms with E-state index in [1.165, 1.54) is 19.3 Å². The lowest BCUT2D eigenvalue weighted by Gasteiger charge is -2.17. The zero-order chi connectivity index (χ0) is 19.3. The Bertz CT molecular complexity index is 999. The molecule has 1 heterocycles. The highest BCUT2D eigenvalue weighted by Crippen LogP contribution is 2.27. The van der Waals surface area contributed by atoms with Gasteiger partial charge in [-0.3, -0.25) is 4.99 Å². The largest absolute Gasteiger partial charge is 0.497 e. The van der Waals surface area contributed by atoms with Gasteiger partial charge in [-0.15, -0.1) is 0 Å². The van der Waals surface area contributed by atoms with E-state index in [1.807, 2.05) is 49.4 Å². The number of benzene rings is 2. The molecule has 4 heteroatoms. The first kappa shape index (κ1) is 18.6. The number of methoxy groups -OCH3 is 1. The highest BCUT2D eigenvalue weighted by atomic mass is 16.5. The Hall–Kier alpha value is -2.75. The first-order chi connectivity index (χ1) is 13.8. The number of hydrogen-bond donors (Lipinski definition) is 0. The van der Waals surface area contributed by atoms with E-state index in [-0.39, 0.29) is 0 Å². The van der Waals surface area contributed by atoms with Gasteiger partial charge in [0, 0.05) is 17.0 Å². The van der Waals surface area contributed by atoms with Crippen molar-refractivity contribution in [3.8, 4) is 22.8 Å². The van der Waals surface area contributed by atoms with E-state index < -0.39 is 0 Å². The van der Waals surface area contributed by atoms with Crippen LogP contribution in [0, 0.1) is 0 Å². The van der Waals surface area contributed by atoms with E-state index in [0.717, 1.165) is 52.0 Å². The van der Waals surface area contributed by atoms with Crippen molar-refractivity contribution < 1.29 is 13.9 Å². The SMILES string of the molecule is CCOc1ccc2oc(-c3ccc(OC)cc3)cc(=NC3CCCCC3)c2c1. The van der Waals surface area contributed by atoms with Crippen LogP contribution in [0.2, 0.25) is 0 Å². The van der Waals surface area contributed by atoms with Gasteiger partial charge in [0.25, 0.3) is 0 Å². The van der Waals surface area contributed by atoms with Crippen molar-refractivity contribution in [2.75, 3.05) is 13.7 Å². The zero-order valence-electron chi connectivity index (χ0n) is 16.6. The lowest BCUT2D eigenvalue weighted by molar-refractivity contribution is 0.340. The molecule has 28 heavy (non-hydrogen) atoms. The van der Waals surface area contributed by atoms with Gasteiger partial charge in [0.15, 0.2) is 0 Å². The minimum absolute atomic E-state index is 0.388. The highest BCUT2D eigenvalue weighted by Gasteiger charge is 2.13. The molecule has 0 amide bonds. The van der Waals surface area contributed by atoms with Gasteiger partial charge in [0.2, 0.25) is 0 Å². The molecule has 0 N–H and O–H groups in total. The summed E-state index contributed by atoms with van der Waals surface area (Å²) in [7, 11) is 1.67. The highest BCUT2D eigenvalue weighted by molar-refractivity contribution is 5.80. The van der Waals surface area contributed by atoms with Crippen LogP contribution in [-0.2, 0) is 0 Å². The molecule has 2 aromatic carbocycles. The fraction of sp³-hybridized carbons (Fsp3) is 0.375. The molecule has 1 aliphatic rings. The Kier molecular flexibility index (Phi) is 5.65. The fourth-order valence-corrected chi connectivity index (χ4v) is 3.82. The lowest BCUT2D eigenvalue weighted by atomic mass is 9.96. The third-order valence-electron chi connectivity index (χ3n) is 5.30. The van der Waals surface area contributed by atoms with Crippen LogP contribution in [0.1, 0.15) is 39.0 Å². The number of rotatable bonds is 5. The summed E-state index contributed by atoms with van der Waals surface area (Å²) < 4.78 is 17.2. The van der Waals surface area contributed by atoms with E-state index in [2.05, 4.69) is 6.07 Å². The summed E-state index contributed by atoms with van der Waals surface area (Å²) in [6.07, 6.45) is 6.17. The molecule has 0 spiro atoms. The summed E-state index contributed by atoms with van der Waals surface area (Å²) in [5, 5.41) is 1.99.